The van der Waals surface area contributed by atoms with Crippen molar-refractivity contribution in [3.8, 4) is 0 Å². The van der Waals surface area contributed by atoms with E-state index in [0.29, 0.717) is 0 Å². The lowest BCUT2D eigenvalue weighted by atomic mass is 10.3. The van der Waals surface area contributed by atoms with E-state index in [2.05, 4.69) is 0 Å². The number of hydrogen-bond donors (Lipinski definition) is 1. The molecule has 0 saturated heterocycles. The topological polar surface area (TPSA) is 29.1 Å². The van der Waals surface area contributed by atoms with Gasteiger partial charge in [-0.1, -0.05) is 0 Å². The molecule has 13 heavy (non-hydrogen) atoms. The molecule has 72 valence electrons. The smallest absolute Gasteiger partial charge is 0.291 e. The van der Waals surface area contributed by atoms with Crippen LogP contribution in [0.4, 0.5) is 13.2 Å². The lowest BCUT2D eigenvalue weighted by Gasteiger charge is -2.12. The Kier molecular flexibility index (Phi) is 2.92. The summed E-state index contributed by atoms with van der Waals surface area (Å²) >= 11 is 1.20. The summed E-state index contributed by atoms with van der Waals surface area (Å²) < 4.78 is 36.2. The number of carbonyl (C=O) groups excluding carboxylic acids is 1. The van der Waals surface area contributed by atoms with Crippen molar-refractivity contribution in [3.05, 3.63) is 22.4 Å². The maximum Gasteiger partial charge on any atom is 0.353 e. The van der Waals surface area contributed by atoms with E-state index in [9.17, 15) is 18.0 Å². The van der Waals surface area contributed by atoms with Gasteiger partial charge in [0.15, 0.2) is 6.67 Å². The van der Waals surface area contributed by atoms with Crippen LogP contribution < -0.4 is 5.32 Å². The summed E-state index contributed by atoms with van der Waals surface area (Å²) in [6.07, 6.45) is 0. The number of nitrogens with one attached hydrogen (secondary N) is 1. The largest absolute Gasteiger partial charge is 0.353 e. The van der Waals surface area contributed by atoms with E-state index in [1.807, 2.05) is 0 Å². The van der Waals surface area contributed by atoms with E-state index in [-0.39, 0.29) is 5.56 Å². The summed E-state index contributed by atoms with van der Waals surface area (Å²) in [6.45, 7) is -1.90. The first-order chi connectivity index (χ1) is 6.05. The van der Waals surface area contributed by atoms with Crippen LogP contribution in [0.1, 0.15) is 10.4 Å². The Morgan fingerprint density at radius 3 is 2.77 bits per heavy atom. The maximum atomic E-state index is 12.3. The average Bonchev–Trinajstić information content (AvgIpc) is 2.55. The number of thiophene rings is 1. The Bertz CT molecular complexity index is 286. The van der Waals surface area contributed by atoms with E-state index < -0.39 is 18.6 Å². The molecule has 0 aliphatic rings. The molecule has 0 bridgehead atoms. The van der Waals surface area contributed by atoms with Crippen LogP contribution in [0.2, 0.25) is 0 Å². The Labute approximate surface area is 76.4 Å². The first-order valence-corrected chi connectivity index (χ1v) is 4.28. The van der Waals surface area contributed by atoms with Gasteiger partial charge in [-0.3, -0.25) is 10.1 Å². The van der Waals surface area contributed by atoms with Gasteiger partial charge in [0.25, 0.3) is 5.91 Å². The van der Waals surface area contributed by atoms with Crippen LogP contribution in [0.5, 0.6) is 0 Å². The highest BCUT2D eigenvalue weighted by atomic mass is 32.1. The van der Waals surface area contributed by atoms with Crippen LogP contribution >= 0.6 is 11.3 Å². The normalized spacial score (nSPS) is 11.3. The molecule has 0 aromatic carbocycles. The standard InChI is InChI=1S/C7H6F3NOS/c8-4-7(9,10)11-6(12)5-1-2-13-3-5/h1-3H,4H2,(H,11,12). The van der Waals surface area contributed by atoms with E-state index >= 15 is 0 Å². The van der Waals surface area contributed by atoms with E-state index in [1.54, 1.807) is 5.38 Å². The monoisotopic (exact) mass is 209 g/mol. The molecule has 2 nitrogen and oxygen atoms in total. The second kappa shape index (κ2) is 3.78. The molecule has 0 atom stereocenters. The summed E-state index contributed by atoms with van der Waals surface area (Å²) in [5.74, 6) is -0.969. The number of rotatable bonds is 3. The molecule has 0 aliphatic carbocycles. The molecule has 0 saturated carbocycles. The van der Waals surface area contributed by atoms with Gasteiger partial charge in [0.05, 0.1) is 5.56 Å². The van der Waals surface area contributed by atoms with Crippen molar-refractivity contribution in [2.45, 2.75) is 6.05 Å². The quantitative estimate of drug-likeness (QED) is 0.758. The van der Waals surface area contributed by atoms with Gasteiger partial charge in [-0.05, 0) is 11.4 Å². The average molecular weight is 209 g/mol. The SMILES string of the molecule is O=C(NC(F)(F)CF)c1ccsc1. The number of hydrogen-bond acceptors (Lipinski definition) is 2. The van der Waals surface area contributed by atoms with Crippen LogP contribution in [-0.2, 0) is 0 Å². The highest BCUT2D eigenvalue weighted by Crippen LogP contribution is 2.12. The zero-order chi connectivity index (χ0) is 9.90. The summed E-state index contributed by atoms with van der Waals surface area (Å²) in [4.78, 5) is 10.9. The molecule has 0 aliphatic heterocycles. The molecule has 1 aromatic heterocycles. The zero-order valence-corrected chi connectivity index (χ0v) is 7.21. The van der Waals surface area contributed by atoms with E-state index in [1.165, 1.54) is 28.1 Å². The molecule has 0 spiro atoms. The summed E-state index contributed by atoms with van der Waals surface area (Å²) in [5, 5.41) is 4.25. The zero-order valence-electron chi connectivity index (χ0n) is 6.39. The van der Waals surface area contributed by atoms with Crippen LogP contribution in [-0.4, -0.2) is 18.6 Å². The first kappa shape index (κ1) is 10.0. The molecule has 6 heteroatoms. The van der Waals surface area contributed by atoms with Crippen molar-refractivity contribution in [2.24, 2.45) is 0 Å². The van der Waals surface area contributed by atoms with Gasteiger partial charge in [-0.2, -0.15) is 20.1 Å². The first-order valence-electron chi connectivity index (χ1n) is 3.33. The lowest BCUT2D eigenvalue weighted by Crippen LogP contribution is -2.42. The Morgan fingerprint density at radius 2 is 2.31 bits per heavy atom. The number of carbonyl (C=O) groups is 1. The Morgan fingerprint density at radius 1 is 1.62 bits per heavy atom. The molecule has 1 aromatic rings. The van der Waals surface area contributed by atoms with Crippen molar-refractivity contribution >= 4 is 17.2 Å². The third kappa shape index (κ3) is 2.73. The molecular formula is C7H6F3NOS. The number of amides is 1. The molecule has 1 N–H and O–H groups in total. The molecule has 1 rings (SSSR count). The fourth-order valence-electron chi connectivity index (χ4n) is 0.665. The van der Waals surface area contributed by atoms with Crippen LogP contribution in [0.3, 0.4) is 0 Å². The highest BCUT2D eigenvalue weighted by Gasteiger charge is 2.31. The summed E-state index contributed by atoms with van der Waals surface area (Å²) in [7, 11) is 0. The predicted octanol–water partition coefficient (Wildman–Crippen LogP) is 2.04. The van der Waals surface area contributed by atoms with Gasteiger partial charge in [-0.15, -0.1) is 0 Å². The van der Waals surface area contributed by atoms with Gasteiger partial charge in [0.2, 0.25) is 0 Å². The van der Waals surface area contributed by atoms with Gasteiger partial charge in [0.1, 0.15) is 0 Å². The van der Waals surface area contributed by atoms with Gasteiger partial charge in [-0.25, -0.2) is 4.39 Å². The van der Waals surface area contributed by atoms with E-state index in [4.69, 9.17) is 0 Å². The minimum Gasteiger partial charge on any atom is -0.291 e. The van der Waals surface area contributed by atoms with Gasteiger partial charge < -0.3 is 0 Å². The van der Waals surface area contributed by atoms with Crippen molar-refractivity contribution in [1.82, 2.24) is 5.32 Å². The van der Waals surface area contributed by atoms with Crippen molar-refractivity contribution < 1.29 is 18.0 Å². The molecule has 0 fully saturated rings. The molecule has 0 radical (unpaired) electrons. The van der Waals surface area contributed by atoms with Crippen LogP contribution in [0.15, 0.2) is 16.8 Å². The molecule has 0 unspecified atom stereocenters. The van der Waals surface area contributed by atoms with Crippen LogP contribution in [0.25, 0.3) is 0 Å². The van der Waals surface area contributed by atoms with Crippen molar-refractivity contribution in [2.75, 3.05) is 6.67 Å². The molecular weight excluding hydrogens is 203 g/mol. The maximum absolute atomic E-state index is 12.3. The Hall–Kier alpha value is -1.04. The predicted molar refractivity (Wildman–Crippen MR) is 42.7 cm³/mol. The summed E-state index contributed by atoms with van der Waals surface area (Å²) in [6, 6.07) is -2.40. The van der Waals surface area contributed by atoms with Crippen LogP contribution in [0, 0.1) is 0 Å². The third-order valence-corrected chi connectivity index (χ3v) is 1.93. The second-order valence-corrected chi connectivity index (χ2v) is 3.08. The fourth-order valence-corrected chi connectivity index (χ4v) is 1.30. The lowest BCUT2D eigenvalue weighted by molar-refractivity contribution is -0.0467. The Balaban J connectivity index is 2.61. The number of halogens is 3. The highest BCUT2D eigenvalue weighted by molar-refractivity contribution is 7.08. The molecule has 1 heterocycles. The van der Waals surface area contributed by atoms with Gasteiger partial charge in [0, 0.05) is 5.38 Å². The van der Waals surface area contributed by atoms with Crippen molar-refractivity contribution in [3.63, 3.8) is 0 Å². The minimum absolute atomic E-state index is 0.109. The van der Waals surface area contributed by atoms with Gasteiger partial charge >= 0.3 is 6.05 Å². The minimum atomic E-state index is -3.78. The summed E-state index contributed by atoms with van der Waals surface area (Å²) in [5.41, 5.74) is 0.109. The fraction of sp³-hybridized carbons (Fsp3) is 0.286. The second-order valence-electron chi connectivity index (χ2n) is 2.30. The van der Waals surface area contributed by atoms with Crippen molar-refractivity contribution in [1.29, 1.82) is 0 Å². The number of alkyl halides is 3. The van der Waals surface area contributed by atoms with E-state index in [0.717, 1.165) is 0 Å². The molecule has 1 amide bonds. The third-order valence-electron chi connectivity index (χ3n) is 1.25.